The lowest BCUT2D eigenvalue weighted by atomic mass is 10.2. The molecule has 0 radical (unpaired) electrons. The van der Waals surface area contributed by atoms with Gasteiger partial charge in [-0.3, -0.25) is 0 Å². The van der Waals surface area contributed by atoms with Crippen LogP contribution in [0.2, 0.25) is 0 Å². The van der Waals surface area contributed by atoms with Crippen LogP contribution in [0.25, 0.3) is 0 Å². The second-order valence-corrected chi connectivity index (χ2v) is 6.05. The van der Waals surface area contributed by atoms with Crippen molar-refractivity contribution in [2.24, 2.45) is 0 Å². The molecule has 0 saturated carbocycles. The average molecular weight is 230 g/mol. The highest BCUT2D eigenvalue weighted by Crippen LogP contribution is 2.18. The summed E-state index contributed by atoms with van der Waals surface area (Å²) >= 11 is 2.12. The highest BCUT2D eigenvalue weighted by atomic mass is 32.2. The molecule has 1 rings (SSSR count). The van der Waals surface area contributed by atoms with Crippen LogP contribution in [0.1, 0.15) is 32.6 Å². The van der Waals surface area contributed by atoms with E-state index in [0.29, 0.717) is 0 Å². The topological polar surface area (TPSA) is 15.3 Å². The number of rotatable bonds is 7. The smallest absolute Gasteiger partial charge is 0.0147 e. The lowest BCUT2D eigenvalue weighted by molar-refractivity contribution is 0.279. The second kappa shape index (κ2) is 8.43. The fraction of sp³-hybridized carbons (Fsp3) is 1.00. The van der Waals surface area contributed by atoms with E-state index in [0.717, 1.165) is 5.25 Å². The van der Waals surface area contributed by atoms with Gasteiger partial charge in [-0.05, 0) is 33.0 Å². The van der Waals surface area contributed by atoms with Gasteiger partial charge in [0.1, 0.15) is 0 Å². The predicted octanol–water partition coefficient (Wildman–Crippen LogP) is 2.20. The zero-order valence-corrected chi connectivity index (χ0v) is 11.1. The molecule has 1 saturated heterocycles. The zero-order chi connectivity index (χ0) is 10.9. The molecule has 0 spiro atoms. The van der Waals surface area contributed by atoms with Gasteiger partial charge >= 0.3 is 0 Å². The van der Waals surface area contributed by atoms with Gasteiger partial charge < -0.3 is 10.2 Å². The Bertz CT molecular complexity index is 153. The van der Waals surface area contributed by atoms with Crippen molar-refractivity contribution in [3.05, 3.63) is 0 Å². The van der Waals surface area contributed by atoms with E-state index in [2.05, 4.69) is 28.9 Å². The maximum Gasteiger partial charge on any atom is 0.0147 e. The first-order valence-corrected chi connectivity index (χ1v) is 7.36. The number of nitrogens with one attached hydrogen (secondary N) is 1. The van der Waals surface area contributed by atoms with Crippen molar-refractivity contribution in [1.29, 1.82) is 0 Å². The van der Waals surface area contributed by atoms with Crippen LogP contribution in [0.4, 0.5) is 0 Å². The third-order valence-electron chi connectivity index (χ3n) is 2.98. The van der Waals surface area contributed by atoms with Crippen molar-refractivity contribution in [3.8, 4) is 0 Å². The molecular weight excluding hydrogens is 204 g/mol. The number of hydrogen-bond donors (Lipinski definition) is 1. The van der Waals surface area contributed by atoms with Crippen LogP contribution in [0, 0.1) is 0 Å². The largest absolute Gasteiger partial charge is 0.320 e. The second-order valence-electron chi connectivity index (χ2n) is 4.50. The number of unbranched alkanes of at least 4 members (excludes halogenated alkanes) is 3. The Morgan fingerprint density at radius 3 is 2.80 bits per heavy atom. The van der Waals surface area contributed by atoms with Crippen LogP contribution in [0.5, 0.6) is 0 Å². The van der Waals surface area contributed by atoms with Crippen LogP contribution in [-0.2, 0) is 0 Å². The van der Waals surface area contributed by atoms with Crippen LogP contribution < -0.4 is 5.32 Å². The first kappa shape index (κ1) is 13.3. The van der Waals surface area contributed by atoms with Crippen LogP contribution in [0.3, 0.4) is 0 Å². The fourth-order valence-corrected chi connectivity index (χ4v) is 3.17. The summed E-state index contributed by atoms with van der Waals surface area (Å²) in [6.07, 6.45) is 5.52. The average Bonchev–Trinajstić information content (AvgIpc) is 2.23. The minimum Gasteiger partial charge on any atom is -0.320 e. The van der Waals surface area contributed by atoms with Crippen LogP contribution >= 0.6 is 11.8 Å². The van der Waals surface area contributed by atoms with Crippen molar-refractivity contribution in [3.63, 3.8) is 0 Å². The van der Waals surface area contributed by atoms with E-state index in [9.17, 15) is 0 Å². The van der Waals surface area contributed by atoms with Gasteiger partial charge in [0.05, 0.1) is 0 Å². The van der Waals surface area contributed by atoms with E-state index in [4.69, 9.17) is 0 Å². The summed E-state index contributed by atoms with van der Waals surface area (Å²) in [5.41, 5.74) is 0. The fourth-order valence-electron chi connectivity index (χ4n) is 2.08. The Kier molecular flexibility index (Phi) is 7.49. The van der Waals surface area contributed by atoms with Crippen molar-refractivity contribution in [2.75, 3.05) is 39.0 Å². The van der Waals surface area contributed by atoms with Gasteiger partial charge in [-0.25, -0.2) is 0 Å². The third kappa shape index (κ3) is 6.44. The molecule has 0 amide bonds. The molecule has 1 aliphatic rings. The molecule has 1 N–H and O–H groups in total. The number of hydrogen-bond acceptors (Lipinski definition) is 3. The quantitative estimate of drug-likeness (QED) is 0.675. The standard InChI is InChI=1S/C12H26N2S/c1-12-11-14(9-10-15-12)8-6-4-3-5-7-13-2/h12-13H,3-11H2,1-2H3. The molecule has 1 atom stereocenters. The maximum atomic E-state index is 3.20. The Balaban J connectivity index is 1.90. The molecule has 3 heteroatoms. The van der Waals surface area contributed by atoms with Gasteiger partial charge in [-0.15, -0.1) is 0 Å². The van der Waals surface area contributed by atoms with Gasteiger partial charge in [0.15, 0.2) is 0 Å². The van der Waals surface area contributed by atoms with Crippen molar-refractivity contribution < 1.29 is 0 Å². The molecule has 1 unspecified atom stereocenters. The molecule has 0 aromatic carbocycles. The summed E-state index contributed by atoms with van der Waals surface area (Å²) in [6, 6.07) is 0. The lowest BCUT2D eigenvalue weighted by Crippen LogP contribution is -2.37. The molecule has 15 heavy (non-hydrogen) atoms. The number of nitrogens with zero attached hydrogens (tertiary/aromatic N) is 1. The molecule has 90 valence electrons. The van der Waals surface area contributed by atoms with Gasteiger partial charge in [-0.1, -0.05) is 19.8 Å². The Morgan fingerprint density at radius 1 is 1.27 bits per heavy atom. The van der Waals surface area contributed by atoms with Gasteiger partial charge in [0.25, 0.3) is 0 Å². The summed E-state index contributed by atoms with van der Waals surface area (Å²) < 4.78 is 0. The van der Waals surface area contributed by atoms with Crippen LogP contribution in [0.15, 0.2) is 0 Å². The van der Waals surface area contributed by atoms with Crippen LogP contribution in [-0.4, -0.2) is 49.1 Å². The first-order chi connectivity index (χ1) is 7.33. The van der Waals surface area contributed by atoms with E-state index in [1.165, 1.54) is 57.6 Å². The molecule has 0 bridgehead atoms. The van der Waals surface area contributed by atoms with Crippen molar-refractivity contribution >= 4 is 11.8 Å². The van der Waals surface area contributed by atoms with E-state index in [-0.39, 0.29) is 0 Å². The summed E-state index contributed by atoms with van der Waals surface area (Å²) in [5, 5.41) is 4.05. The maximum absolute atomic E-state index is 3.20. The molecule has 1 heterocycles. The van der Waals surface area contributed by atoms with Gasteiger partial charge in [-0.2, -0.15) is 11.8 Å². The normalized spacial score (nSPS) is 23.2. The van der Waals surface area contributed by atoms with Gasteiger partial charge in [0, 0.05) is 24.1 Å². The third-order valence-corrected chi connectivity index (χ3v) is 4.11. The lowest BCUT2D eigenvalue weighted by Gasteiger charge is -2.30. The summed E-state index contributed by atoms with van der Waals surface area (Å²) in [6.45, 7) is 7.47. The van der Waals surface area contributed by atoms with E-state index in [1.807, 2.05) is 7.05 Å². The highest BCUT2D eigenvalue weighted by Gasteiger charge is 2.15. The predicted molar refractivity (Wildman–Crippen MR) is 70.8 cm³/mol. The van der Waals surface area contributed by atoms with E-state index >= 15 is 0 Å². The first-order valence-electron chi connectivity index (χ1n) is 6.31. The Morgan fingerprint density at radius 2 is 2.07 bits per heavy atom. The summed E-state index contributed by atoms with van der Waals surface area (Å²) in [4.78, 5) is 2.64. The summed E-state index contributed by atoms with van der Waals surface area (Å²) in [5.74, 6) is 1.33. The molecule has 0 aromatic rings. The molecule has 1 aliphatic heterocycles. The highest BCUT2D eigenvalue weighted by molar-refractivity contribution is 7.99. The zero-order valence-electron chi connectivity index (χ0n) is 10.3. The van der Waals surface area contributed by atoms with E-state index < -0.39 is 0 Å². The van der Waals surface area contributed by atoms with E-state index in [1.54, 1.807) is 0 Å². The molecule has 0 aliphatic carbocycles. The minimum atomic E-state index is 0.850. The summed E-state index contributed by atoms with van der Waals surface area (Å²) in [7, 11) is 2.03. The van der Waals surface area contributed by atoms with Crippen molar-refractivity contribution in [2.45, 2.75) is 37.9 Å². The van der Waals surface area contributed by atoms with Crippen molar-refractivity contribution in [1.82, 2.24) is 10.2 Å². The van der Waals surface area contributed by atoms with Gasteiger partial charge in [0.2, 0.25) is 0 Å². The molecular formula is C12H26N2S. The SMILES string of the molecule is CNCCCCCCN1CCSC(C)C1. The monoisotopic (exact) mass is 230 g/mol. The molecule has 1 fully saturated rings. The molecule has 0 aromatic heterocycles. The Labute approximate surface area is 99.2 Å². The minimum absolute atomic E-state index is 0.850. The Hall–Kier alpha value is 0.270. The molecule has 2 nitrogen and oxygen atoms in total. The number of thioether (sulfide) groups is 1.